The van der Waals surface area contributed by atoms with Crippen molar-refractivity contribution in [2.45, 2.75) is 41.5 Å². The van der Waals surface area contributed by atoms with E-state index in [1.54, 1.807) is 0 Å². The van der Waals surface area contributed by atoms with Gasteiger partial charge in [0.15, 0.2) is 0 Å². The Morgan fingerprint density at radius 1 is 0.150 bits per heavy atom. The zero-order chi connectivity index (χ0) is 80.9. The van der Waals surface area contributed by atoms with Crippen molar-refractivity contribution in [2.75, 3.05) is 0 Å². The summed E-state index contributed by atoms with van der Waals surface area (Å²) in [6.45, 7) is 12.8. The summed E-state index contributed by atoms with van der Waals surface area (Å²) >= 11 is 0. The number of benzene rings is 10. The highest BCUT2D eigenvalue weighted by atomic mass is 14.8. The molecule has 4 aliphatic heterocycles. The molecule has 16 aromatic rings. The van der Waals surface area contributed by atoms with Crippen LogP contribution in [0.1, 0.15) is 112 Å². The van der Waals surface area contributed by atoms with Gasteiger partial charge in [-0.2, -0.15) is 0 Å². The lowest BCUT2D eigenvalue weighted by Gasteiger charge is -2.08. The first-order valence-electron chi connectivity index (χ1n) is 41.0. The van der Waals surface area contributed by atoms with E-state index in [1.165, 1.54) is 33.4 Å². The molecule has 120 heavy (non-hydrogen) atoms. The molecule has 572 valence electrons. The third-order valence-electron chi connectivity index (χ3n) is 23.2. The van der Waals surface area contributed by atoms with E-state index >= 15 is 0 Å². The van der Waals surface area contributed by atoms with Crippen LogP contribution in [0, 0.1) is 41.5 Å². The topological polar surface area (TPSA) is 115 Å². The van der Waals surface area contributed by atoms with E-state index in [2.05, 4.69) is 438 Å². The highest BCUT2D eigenvalue weighted by Crippen LogP contribution is 2.43. The minimum atomic E-state index is 0.867. The van der Waals surface area contributed by atoms with E-state index in [-0.39, 0.29) is 0 Å². The highest BCUT2D eigenvalue weighted by molar-refractivity contribution is 6.03. The first kappa shape index (κ1) is 73.5. The van der Waals surface area contributed by atoms with Gasteiger partial charge in [-0.05, 0) is 217 Å². The fraction of sp³-hybridized carbons (Fsp3) is 0.0536. The maximum Gasteiger partial charge on any atom is 0.0737 e. The molecule has 8 nitrogen and oxygen atoms in total. The van der Waals surface area contributed by atoms with Crippen LogP contribution in [0.2, 0.25) is 0 Å². The maximum absolute atomic E-state index is 5.57. The minimum absolute atomic E-state index is 0.867. The number of hydrogen-bond acceptors (Lipinski definition) is 4. The van der Waals surface area contributed by atoms with E-state index in [1.807, 2.05) is 0 Å². The maximum atomic E-state index is 5.57. The second-order valence-corrected chi connectivity index (χ2v) is 31.8. The van der Waals surface area contributed by atoms with Gasteiger partial charge in [0, 0.05) is 88.6 Å². The van der Waals surface area contributed by atoms with Crippen LogP contribution in [0.5, 0.6) is 0 Å². The van der Waals surface area contributed by atoms with Crippen molar-refractivity contribution in [2.24, 2.45) is 0 Å². The van der Waals surface area contributed by atoms with Crippen molar-refractivity contribution in [3.05, 3.63) is 403 Å². The molecule has 6 aromatic heterocycles. The molecule has 4 aliphatic rings. The van der Waals surface area contributed by atoms with Gasteiger partial charge in [-0.3, -0.25) is 0 Å². The Morgan fingerprint density at radius 2 is 0.267 bits per heavy atom. The summed E-state index contributed by atoms with van der Waals surface area (Å²) < 4.78 is 0. The summed E-state index contributed by atoms with van der Waals surface area (Å²) in [5, 5.41) is 0. The third-order valence-corrected chi connectivity index (χ3v) is 23.2. The molecular weight excluding hydrogens is 1460 g/mol. The molecule has 8 heteroatoms. The van der Waals surface area contributed by atoms with Crippen LogP contribution >= 0.6 is 0 Å². The lowest BCUT2D eigenvalue weighted by molar-refractivity contribution is 1.31. The predicted molar refractivity (Wildman–Crippen MR) is 509 cm³/mol. The monoisotopic (exact) mass is 1540 g/mol. The van der Waals surface area contributed by atoms with Crippen molar-refractivity contribution in [3.63, 3.8) is 0 Å². The average Bonchev–Trinajstić information content (AvgIpc) is 1.61. The Bertz CT molecular complexity index is 6790. The molecule has 0 aliphatic carbocycles. The molecule has 16 bridgehead atoms. The van der Waals surface area contributed by atoms with E-state index in [4.69, 9.17) is 19.9 Å². The molecule has 4 N–H and O–H groups in total. The number of nitrogens with zero attached hydrogens (tertiary/aromatic N) is 4. The molecule has 0 atom stereocenters. The molecule has 0 spiro atoms. The Labute approximate surface area is 698 Å². The summed E-state index contributed by atoms with van der Waals surface area (Å²) in [5.74, 6) is 0. The first-order chi connectivity index (χ1) is 58.8. The van der Waals surface area contributed by atoms with Gasteiger partial charge in [0.2, 0.25) is 0 Å². The largest absolute Gasteiger partial charge is 0.354 e. The van der Waals surface area contributed by atoms with Gasteiger partial charge >= 0.3 is 0 Å². The molecule has 0 fully saturated rings. The van der Waals surface area contributed by atoms with Gasteiger partial charge < -0.3 is 19.9 Å². The summed E-state index contributed by atoms with van der Waals surface area (Å²) in [4.78, 5) is 37.8. The van der Waals surface area contributed by atoms with Gasteiger partial charge in [-0.25, -0.2) is 19.9 Å². The van der Waals surface area contributed by atoms with E-state index in [0.717, 1.165) is 212 Å². The van der Waals surface area contributed by atoms with Crippen molar-refractivity contribution >= 4 is 129 Å². The molecule has 0 unspecified atom stereocenters. The molecule has 0 radical (unpaired) electrons. The minimum Gasteiger partial charge on any atom is -0.354 e. The summed E-state index contributed by atoms with van der Waals surface area (Å²) in [5.41, 5.74) is 45.3. The summed E-state index contributed by atoms with van der Waals surface area (Å²) in [7, 11) is 0. The standard InChI is InChI=1S/C112H84N8/c1-69-7-37-81(38-8-69)105-89-53-57-93(113-89)107(83-41-11-71(3)12-42-83)97-61-65-101(117-97)111(102-66-62-98(118-102)108(94-58-54-90(105)114-94)84-43-13-72(4)14-44-84)87-49-33-79(34-50-87)31-29-77-25-21-75(22-26-77)19-20-76-23-27-78(28-24-76)30-32-80-35-51-88(52-36-80)112-103-67-63-99(119-103)109(85-45-15-73(5)16-46-85)95-59-55-91(115-95)106(82-39-9-70(2)10-40-82)92-56-60-96(116-92)110(100-64-68-104(112)120-100)86-47-17-74(6)18-48-86/h7-68,113,115,118,120H,1-6H3/b20-19+,31-29+,32-30+,105-89?,105-90?,106-91?,106-92?,107-93?,107-97?,108-94?,108-98?,109-95?,109-99?,110-96?,110-100?,111-101?,111-102?,112-103?,112-104?. The van der Waals surface area contributed by atoms with Crippen molar-refractivity contribution in [1.29, 1.82) is 0 Å². The van der Waals surface area contributed by atoms with Crippen molar-refractivity contribution < 1.29 is 0 Å². The molecular formula is C112H84N8. The van der Waals surface area contributed by atoms with Gasteiger partial charge in [-0.15, -0.1) is 0 Å². The van der Waals surface area contributed by atoms with Gasteiger partial charge in [-0.1, -0.05) is 312 Å². The average molecular weight is 1540 g/mol. The second kappa shape index (κ2) is 31.3. The van der Waals surface area contributed by atoms with Crippen LogP contribution in [0.15, 0.2) is 291 Å². The highest BCUT2D eigenvalue weighted by Gasteiger charge is 2.23. The number of H-pyrrole nitrogens is 4. The quantitative estimate of drug-likeness (QED) is 0.0812. The normalized spacial score (nSPS) is 12.3. The molecule has 0 saturated heterocycles. The summed E-state index contributed by atoms with van der Waals surface area (Å²) in [6, 6.07) is 105. The Morgan fingerprint density at radius 3 is 0.400 bits per heavy atom. The van der Waals surface area contributed by atoms with E-state index in [0.29, 0.717) is 0 Å². The second-order valence-electron chi connectivity index (χ2n) is 31.8. The van der Waals surface area contributed by atoms with Crippen LogP contribution in [0.25, 0.3) is 218 Å². The van der Waals surface area contributed by atoms with Gasteiger partial charge in [0.1, 0.15) is 0 Å². The molecule has 0 amide bonds. The lowest BCUT2D eigenvalue weighted by Crippen LogP contribution is -1.90. The number of aromatic amines is 4. The third kappa shape index (κ3) is 14.8. The fourth-order valence-electron chi connectivity index (χ4n) is 16.7. The predicted octanol–water partition coefficient (Wildman–Crippen LogP) is 29.3. The number of aryl methyl sites for hydroxylation is 6. The van der Waals surface area contributed by atoms with Crippen molar-refractivity contribution in [3.8, 4) is 89.0 Å². The van der Waals surface area contributed by atoms with Gasteiger partial charge in [0.25, 0.3) is 0 Å². The van der Waals surface area contributed by atoms with Crippen LogP contribution in [-0.4, -0.2) is 39.9 Å². The Hall–Kier alpha value is -15.4. The number of fused-ring (bicyclic) bond motifs is 16. The van der Waals surface area contributed by atoms with Crippen LogP contribution in [-0.2, 0) is 0 Å². The number of hydrogen-bond donors (Lipinski definition) is 4. The van der Waals surface area contributed by atoms with Crippen molar-refractivity contribution in [1.82, 2.24) is 39.9 Å². The van der Waals surface area contributed by atoms with Crippen LogP contribution < -0.4 is 0 Å². The first-order valence-corrected chi connectivity index (χ1v) is 41.0. The lowest BCUT2D eigenvalue weighted by atomic mass is 10.0. The summed E-state index contributed by atoms with van der Waals surface area (Å²) in [6.07, 6.45) is 30.4. The van der Waals surface area contributed by atoms with Gasteiger partial charge in [0.05, 0.1) is 45.6 Å². The fourth-order valence-corrected chi connectivity index (χ4v) is 16.7. The molecule has 10 heterocycles. The van der Waals surface area contributed by atoms with E-state index < -0.39 is 0 Å². The number of rotatable bonds is 14. The molecule has 0 saturated carbocycles. The smallest absolute Gasteiger partial charge is 0.0737 e. The van der Waals surface area contributed by atoms with Crippen LogP contribution in [0.3, 0.4) is 0 Å². The number of aromatic nitrogens is 8. The Balaban J connectivity index is 0.571. The zero-order valence-electron chi connectivity index (χ0n) is 67.6. The molecule has 20 rings (SSSR count). The van der Waals surface area contributed by atoms with E-state index in [9.17, 15) is 0 Å². The Kier molecular flexibility index (Phi) is 19.2. The van der Waals surface area contributed by atoms with Crippen LogP contribution in [0.4, 0.5) is 0 Å². The SMILES string of the molecule is Cc1ccc(-c2c3nc(c(-c4ccc(C)cc4)c4ccc([nH]4)c(-c4ccc(/C=C/c5ccc(/C=C/c6ccc(/C=C/c7ccc(-c8c9nc(c(-c%10ccc(C)cc%10)c%10ccc([nH]%10)c(-c%10ccc(C)cc%10)c%10nc(c(-c%11ccc(C)cc%11)c%11ccc8[nH]%11)C=C%10)C=C9)cc7)cc6)cc5)cc4)c4nc(c(-c5ccc(C)cc5)c5ccc2[nH]5)C=C4)C=C3)cc1. The number of nitrogens with one attached hydrogen (secondary N) is 4. The zero-order valence-corrected chi connectivity index (χ0v) is 67.6. The molecule has 10 aromatic carbocycles.